The number of carbonyl (C=O) groups excluding carboxylic acids is 1. The molecule has 122 valence electrons. The molecule has 0 spiro atoms. The van der Waals surface area contributed by atoms with Crippen molar-refractivity contribution >= 4 is 17.5 Å². The number of benzene rings is 2. The van der Waals surface area contributed by atoms with Gasteiger partial charge in [-0.05, 0) is 17.7 Å². The molecule has 0 aliphatic carbocycles. The number of nitrogens with one attached hydrogen (secondary N) is 2. The van der Waals surface area contributed by atoms with Crippen LogP contribution < -0.4 is 15.0 Å². The van der Waals surface area contributed by atoms with Gasteiger partial charge in [0, 0.05) is 12.1 Å². The number of ether oxygens (including phenoxy) is 1. The third kappa shape index (κ3) is 5.58. The van der Waals surface area contributed by atoms with Crippen LogP contribution in [0.25, 0.3) is 0 Å². The second kappa shape index (κ2) is 8.56. The molecule has 2 rings (SSSR count). The number of halogens is 1. The van der Waals surface area contributed by atoms with Gasteiger partial charge >= 0.3 is 0 Å². The molecule has 2 aromatic rings. The molecule has 0 aliphatic heterocycles. The van der Waals surface area contributed by atoms with Crippen molar-refractivity contribution in [2.75, 3.05) is 20.7 Å². The summed E-state index contributed by atoms with van der Waals surface area (Å²) in [4.78, 5) is 13.3. The summed E-state index contributed by atoms with van der Waals surface area (Å²) in [6, 6.07) is 15.2. The lowest BCUT2D eigenvalue weighted by atomic mass is 10.1. The average molecular weight is 334 g/mol. The molecule has 2 aromatic carbocycles. The fraction of sp³-hybridized carbons (Fsp3) is 0.278. The minimum absolute atomic E-state index is 0.0508. The van der Waals surface area contributed by atoms with Gasteiger partial charge in [0.15, 0.2) is 6.61 Å². The maximum absolute atomic E-state index is 12.0. The molecular formula is C18H22ClN2O2+. The highest BCUT2D eigenvalue weighted by Crippen LogP contribution is 2.22. The summed E-state index contributed by atoms with van der Waals surface area (Å²) in [6.07, 6.45) is 0. The van der Waals surface area contributed by atoms with Crippen molar-refractivity contribution in [2.45, 2.75) is 13.1 Å². The Morgan fingerprint density at radius 3 is 2.43 bits per heavy atom. The first kappa shape index (κ1) is 17.3. The highest BCUT2D eigenvalue weighted by atomic mass is 35.5. The second-order valence-electron chi connectivity index (χ2n) is 5.65. The van der Waals surface area contributed by atoms with Crippen molar-refractivity contribution < 1.29 is 14.4 Å². The van der Waals surface area contributed by atoms with Gasteiger partial charge in [-0.3, -0.25) is 4.79 Å². The van der Waals surface area contributed by atoms with E-state index < -0.39 is 0 Å². The first-order valence-corrected chi connectivity index (χ1v) is 7.94. The van der Waals surface area contributed by atoms with Crippen molar-refractivity contribution in [3.63, 3.8) is 0 Å². The molecule has 4 nitrogen and oxygen atoms in total. The maximum atomic E-state index is 12.0. The van der Waals surface area contributed by atoms with Crippen molar-refractivity contribution in [2.24, 2.45) is 0 Å². The Kier molecular flexibility index (Phi) is 6.44. The summed E-state index contributed by atoms with van der Waals surface area (Å²) >= 11 is 5.99. The van der Waals surface area contributed by atoms with Crippen molar-refractivity contribution in [1.82, 2.24) is 5.32 Å². The van der Waals surface area contributed by atoms with Crippen molar-refractivity contribution in [1.29, 1.82) is 0 Å². The van der Waals surface area contributed by atoms with Gasteiger partial charge in [-0.25, -0.2) is 0 Å². The van der Waals surface area contributed by atoms with Crippen molar-refractivity contribution in [3.8, 4) is 5.75 Å². The van der Waals surface area contributed by atoms with Crippen LogP contribution in [0.15, 0.2) is 48.5 Å². The Hall–Kier alpha value is -2.04. The smallest absolute Gasteiger partial charge is 0.258 e. The summed E-state index contributed by atoms with van der Waals surface area (Å²) in [5, 5.41) is 3.39. The summed E-state index contributed by atoms with van der Waals surface area (Å²) in [5.41, 5.74) is 2.36. The monoisotopic (exact) mass is 333 g/mol. The quantitative estimate of drug-likeness (QED) is 0.809. The standard InChI is InChI=1S/C18H21ClN2O2/c1-21(2)12-15-8-4-3-7-14(15)11-20-18(22)13-23-17-10-6-5-9-16(17)19/h3-10H,11-13H2,1-2H3,(H,20,22)/p+1. The van der Waals surface area contributed by atoms with E-state index in [1.165, 1.54) is 10.5 Å². The molecule has 2 N–H and O–H groups in total. The van der Waals surface area contributed by atoms with Crippen LogP contribution in [0.2, 0.25) is 5.02 Å². The number of rotatable bonds is 7. The van der Waals surface area contributed by atoms with Gasteiger partial charge in [0.25, 0.3) is 5.91 Å². The van der Waals surface area contributed by atoms with Crippen LogP contribution in [0, 0.1) is 0 Å². The largest absolute Gasteiger partial charge is 0.482 e. The highest BCUT2D eigenvalue weighted by molar-refractivity contribution is 6.32. The number of amides is 1. The van der Waals surface area contributed by atoms with Crippen molar-refractivity contribution in [3.05, 3.63) is 64.7 Å². The normalized spacial score (nSPS) is 10.6. The first-order chi connectivity index (χ1) is 11.1. The van der Waals surface area contributed by atoms with Gasteiger partial charge in [-0.1, -0.05) is 48.0 Å². The lowest BCUT2D eigenvalue weighted by Gasteiger charge is -2.13. The molecule has 1 amide bonds. The van der Waals surface area contributed by atoms with E-state index in [2.05, 4.69) is 25.5 Å². The van der Waals surface area contributed by atoms with Crippen LogP contribution in [0.3, 0.4) is 0 Å². The van der Waals surface area contributed by atoms with Gasteiger partial charge in [-0.2, -0.15) is 0 Å². The van der Waals surface area contributed by atoms with Crippen LogP contribution in [0.4, 0.5) is 0 Å². The zero-order valence-electron chi connectivity index (χ0n) is 13.4. The minimum Gasteiger partial charge on any atom is -0.482 e. The van der Waals surface area contributed by atoms with Gasteiger partial charge in [0.1, 0.15) is 12.3 Å². The lowest BCUT2D eigenvalue weighted by molar-refractivity contribution is -0.872. The van der Waals surface area contributed by atoms with Gasteiger partial charge < -0.3 is 15.0 Å². The Morgan fingerprint density at radius 1 is 1.09 bits per heavy atom. The predicted octanol–water partition coefficient (Wildman–Crippen LogP) is 1.68. The zero-order chi connectivity index (χ0) is 16.7. The summed E-state index contributed by atoms with van der Waals surface area (Å²) < 4.78 is 5.43. The van der Waals surface area contributed by atoms with E-state index in [0.717, 1.165) is 12.1 Å². The van der Waals surface area contributed by atoms with Crippen LogP contribution in [0.1, 0.15) is 11.1 Å². The molecule has 23 heavy (non-hydrogen) atoms. The van der Waals surface area contributed by atoms with E-state index in [4.69, 9.17) is 16.3 Å². The molecule has 0 radical (unpaired) electrons. The summed E-state index contributed by atoms with van der Waals surface area (Å²) in [5.74, 6) is 0.345. The molecule has 0 saturated carbocycles. The van der Waals surface area contributed by atoms with Crippen LogP contribution in [-0.4, -0.2) is 26.6 Å². The highest BCUT2D eigenvalue weighted by Gasteiger charge is 2.08. The molecule has 0 aliphatic rings. The molecule has 5 heteroatoms. The molecule has 0 atom stereocenters. The summed E-state index contributed by atoms with van der Waals surface area (Å²) in [6.45, 7) is 1.36. The lowest BCUT2D eigenvalue weighted by Crippen LogP contribution is -3.04. The topological polar surface area (TPSA) is 42.8 Å². The van der Waals surface area contributed by atoms with Gasteiger partial charge in [0.2, 0.25) is 0 Å². The third-order valence-electron chi connectivity index (χ3n) is 3.33. The number of quaternary nitrogens is 1. The molecule has 0 fully saturated rings. The van der Waals surface area contributed by atoms with E-state index >= 15 is 0 Å². The fourth-order valence-corrected chi connectivity index (χ4v) is 2.42. The zero-order valence-corrected chi connectivity index (χ0v) is 14.2. The maximum Gasteiger partial charge on any atom is 0.258 e. The second-order valence-corrected chi connectivity index (χ2v) is 6.06. The molecular weight excluding hydrogens is 312 g/mol. The predicted molar refractivity (Wildman–Crippen MR) is 91.8 cm³/mol. The van der Waals surface area contributed by atoms with Crippen LogP contribution >= 0.6 is 11.6 Å². The van der Waals surface area contributed by atoms with E-state index in [9.17, 15) is 4.79 Å². The Morgan fingerprint density at radius 2 is 1.74 bits per heavy atom. The van der Waals surface area contributed by atoms with E-state index in [1.54, 1.807) is 12.1 Å². The Balaban J connectivity index is 1.86. The Bertz CT molecular complexity index is 659. The van der Waals surface area contributed by atoms with Crippen LogP contribution in [-0.2, 0) is 17.9 Å². The minimum atomic E-state index is -0.170. The molecule has 0 saturated heterocycles. The molecule has 0 aromatic heterocycles. The molecule has 0 bridgehead atoms. The Labute approximate surface area is 142 Å². The van der Waals surface area contributed by atoms with E-state index in [-0.39, 0.29) is 12.5 Å². The van der Waals surface area contributed by atoms with E-state index in [0.29, 0.717) is 17.3 Å². The number of carbonyl (C=O) groups is 1. The third-order valence-corrected chi connectivity index (χ3v) is 3.65. The van der Waals surface area contributed by atoms with E-state index in [1.807, 2.05) is 30.3 Å². The fourth-order valence-electron chi connectivity index (χ4n) is 2.23. The SMILES string of the molecule is C[NH+](C)Cc1ccccc1CNC(=O)COc1ccccc1Cl. The number of para-hydroxylation sites is 1. The summed E-state index contributed by atoms with van der Waals surface area (Å²) in [7, 11) is 4.21. The van der Waals surface area contributed by atoms with Gasteiger partial charge in [-0.15, -0.1) is 0 Å². The van der Waals surface area contributed by atoms with Crippen LogP contribution in [0.5, 0.6) is 5.75 Å². The molecule has 0 unspecified atom stereocenters. The average Bonchev–Trinajstić information content (AvgIpc) is 2.53. The number of hydrogen-bond acceptors (Lipinski definition) is 2. The first-order valence-electron chi connectivity index (χ1n) is 7.56. The van der Waals surface area contributed by atoms with Gasteiger partial charge in [0.05, 0.1) is 19.1 Å². The molecule has 0 heterocycles. The number of hydrogen-bond donors (Lipinski definition) is 2.